The van der Waals surface area contributed by atoms with Crippen LogP contribution in [0.5, 0.6) is 0 Å². The van der Waals surface area contributed by atoms with Crippen molar-refractivity contribution in [1.82, 2.24) is 10.2 Å². The summed E-state index contributed by atoms with van der Waals surface area (Å²) in [7, 11) is 0. The minimum Gasteiger partial charge on any atom is -0.308 e. The third kappa shape index (κ3) is 5.28. The first-order chi connectivity index (χ1) is 15.5. The highest BCUT2D eigenvalue weighted by Gasteiger charge is 2.10. The number of hydrogen-bond acceptors (Lipinski definition) is 3. The fourth-order valence-corrected chi connectivity index (χ4v) is 3.76. The molecule has 0 saturated carbocycles. The number of rotatable bonds is 6. The van der Waals surface area contributed by atoms with Gasteiger partial charge in [-0.25, -0.2) is 9.89 Å². The molecule has 32 heavy (non-hydrogen) atoms. The third-order valence-corrected chi connectivity index (χ3v) is 5.76. The Morgan fingerprint density at radius 3 is 2.31 bits per heavy atom. The van der Waals surface area contributed by atoms with Crippen LogP contribution in [0.15, 0.2) is 71.5 Å². The molecule has 4 aromatic rings. The zero-order valence-electron chi connectivity index (χ0n) is 17.0. The number of amides is 2. The lowest BCUT2D eigenvalue weighted by molar-refractivity contribution is 0.262. The Labute approximate surface area is 194 Å². The molecule has 0 bridgehead atoms. The standard InChI is InChI=1S/C24H20Cl2N4O2/c25-20-12-10-17(14-21(20)26)28-24(32)27-16-9-11-18-19(13-16)23(31)30-29-22(18)8-4-7-15-5-2-1-3-6-15/h1-3,5-6,9-14H,4,7-8H2,(H,30,31)(H2,27,28,32). The minimum atomic E-state index is -0.462. The number of aryl methyl sites for hydroxylation is 2. The van der Waals surface area contributed by atoms with Crippen LogP contribution < -0.4 is 16.2 Å². The molecule has 1 aromatic heterocycles. The fourth-order valence-electron chi connectivity index (χ4n) is 3.46. The number of halogens is 2. The van der Waals surface area contributed by atoms with Crippen LogP contribution in [0.4, 0.5) is 16.2 Å². The molecule has 6 nitrogen and oxygen atoms in total. The highest BCUT2D eigenvalue weighted by molar-refractivity contribution is 6.42. The van der Waals surface area contributed by atoms with E-state index >= 15 is 0 Å². The molecule has 0 aliphatic heterocycles. The van der Waals surface area contributed by atoms with Gasteiger partial charge < -0.3 is 10.6 Å². The predicted molar refractivity (Wildman–Crippen MR) is 130 cm³/mol. The Morgan fingerprint density at radius 2 is 1.56 bits per heavy atom. The first kappa shape index (κ1) is 21.9. The maximum Gasteiger partial charge on any atom is 0.323 e. The number of aromatic nitrogens is 2. The number of anilines is 2. The van der Waals surface area contributed by atoms with Gasteiger partial charge in [0.25, 0.3) is 5.56 Å². The lowest BCUT2D eigenvalue weighted by Gasteiger charge is -2.10. The summed E-state index contributed by atoms with van der Waals surface area (Å²) in [6.45, 7) is 0. The van der Waals surface area contributed by atoms with Gasteiger partial charge in [-0.05, 0) is 55.2 Å². The van der Waals surface area contributed by atoms with Crippen molar-refractivity contribution in [3.05, 3.63) is 98.4 Å². The van der Waals surface area contributed by atoms with Gasteiger partial charge in [0, 0.05) is 16.8 Å². The molecule has 0 radical (unpaired) electrons. The molecule has 3 N–H and O–H groups in total. The van der Waals surface area contributed by atoms with Crippen molar-refractivity contribution in [1.29, 1.82) is 0 Å². The number of urea groups is 1. The molecule has 0 unspecified atom stereocenters. The quantitative estimate of drug-likeness (QED) is 0.323. The van der Waals surface area contributed by atoms with E-state index in [1.807, 2.05) is 24.3 Å². The first-order valence-electron chi connectivity index (χ1n) is 10.1. The Bertz CT molecular complexity index is 1320. The summed E-state index contributed by atoms with van der Waals surface area (Å²) >= 11 is 11.9. The van der Waals surface area contributed by atoms with Crippen LogP contribution in [-0.2, 0) is 12.8 Å². The first-order valence-corrected chi connectivity index (χ1v) is 10.8. The zero-order chi connectivity index (χ0) is 22.5. The van der Waals surface area contributed by atoms with Gasteiger partial charge in [-0.3, -0.25) is 4.79 Å². The van der Waals surface area contributed by atoms with Gasteiger partial charge >= 0.3 is 6.03 Å². The van der Waals surface area contributed by atoms with Crippen molar-refractivity contribution in [2.24, 2.45) is 0 Å². The smallest absolute Gasteiger partial charge is 0.308 e. The van der Waals surface area contributed by atoms with Gasteiger partial charge in [0.1, 0.15) is 0 Å². The van der Waals surface area contributed by atoms with Crippen LogP contribution in [0.25, 0.3) is 10.8 Å². The van der Waals surface area contributed by atoms with Crippen LogP contribution in [0.1, 0.15) is 17.7 Å². The molecule has 0 atom stereocenters. The van der Waals surface area contributed by atoms with E-state index in [9.17, 15) is 9.59 Å². The minimum absolute atomic E-state index is 0.305. The number of fused-ring (bicyclic) bond motifs is 1. The number of aromatic amines is 1. The topological polar surface area (TPSA) is 86.9 Å². The third-order valence-electron chi connectivity index (χ3n) is 5.02. The number of H-pyrrole nitrogens is 1. The van der Waals surface area contributed by atoms with Gasteiger partial charge in [-0.2, -0.15) is 5.10 Å². The van der Waals surface area contributed by atoms with E-state index in [1.165, 1.54) is 5.56 Å². The molecule has 3 aromatic carbocycles. The second-order valence-corrected chi connectivity index (χ2v) is 8.12. The summed E-state index contributed by atoms with van der Waals surface area (Å²) in [5, 5.41) is 14.2. The molecule has 2 amide bonds. The van der Waals surface area contributed by atoms with E-state index in [2.05, 4.69) is 33.0 Å². The van der Waals surface area contributed by atoms with Crippen molar-refractivity contribution < 1.29 is 4.79 Å². The normalized spacial score (nSPS) is 10.8. The summed E-state index contributed by atoms with van der Waals surface area (Å²) in [5.74, 6) is 0. The lowest BCUT2D eigenvalue weighted by atomic mass is 10.0. The van der Waals surface area contributed by atoms with E-state index < -0.39 is 6.03 Å². The van der Waals surface area contributed by atoms with E-state index in [1.54, 1.807) is 30.3 Å². The van der Waals surface area contributed by atoms with E-state index in [0.717, 1.165) is 30.3 Å². The van der Waals surface area contributed by atoms with Crippen LogP contribution in [0.2, 0.25) is 10.0 Å². The molecule has 0 spiro atoms. The van der Waals surface area contributed by atoms with Crippen molar-refractivity contribution in [3.63, 3.8) is 0 Å². The molecule has 4 rings (SSSR count). The van der Waals surface area contributed by atoms with E-state index in [0.29, 0.717) is 26.8 Å². The number of hydrogen-bond donors (Lipinski definition) is 3. The maximum atomic E-state index is 12.4. The summed E-state index contributed by atoms with van der Waals surface area (Å²) in [5.41, 5.74) is 2.77. The largest absolute Gasteiger partial charge is 0.323 e. The second-order valence-electron chi connectivity index (χ2n) is 7.31. The van der Waals surface area contributed by atoms with Crippen molar-refractivity contribution in [3.8, 4) is 0 Å². The van der Waals surface area contributed by atoms with Crippen molar-refractivity contribution in [2.75, 3.05) is 10.6 Å². The number of carbonyl (C=O) groups excluding carboxylic acids is 1. The molecule has 162 valence electrons. The molecular formula is C24H20Cl2N4O2. The Morgan fingerprint density at radius 1 is 0.844 bits per heavy atom. The lowest BCUT2D eigenvalue weighted by Crippen LogP contribution is -2.20. The van der Waals surface area contributed by atoms with Gasteiger partial charge in [-0.15, -0.1) is 0 Å². The summed E-state index contributed by atoms with van der Waals surface area (Å²) in [6.07, 6.45) is 2.56. The van der Waals surface area contributed by atoms with Crippen molar-refractivity contribution in [2.45, 2.75) is 19.3 Å². The maximum absolute atomic E-state index is 12.4. The van der Waals surface area contributed by atoms with E-state index in [-0.39, 0.29) is 5.56 Å². The molecule has 0 aliphatic rings. The highest BCUT2D eigenvalue weighted by atomic mass is 35.5. The van der Waals surface area contributed by atoms with Crippen LogP contribution in [0, 0.1) is 0 Å². The number of carbonyl (C=O) groups is 1. The monoisotopic (exact) mass is 466 g/mol. The number of nitrogens with zero attached hydrogens (tertiary/aromatic N) is 1. The number of benzene rings is 3. The fraction of sp³-hybridized carbons (Fsp3) is 0.125. The predicted octanol–water partition coefficient (Wildman–Crippen LogP) is 6.05. The van der Waals surface area contributed by atoms with Crippen molar-refractivity contribution >= 4 is 51.4 Å². The molecule has 1 heterocycles. The van der Waals surface area contributed by atoms with Crippen LogP contribution in [-0.4, -0.2) is 16.2 Å². The van der Waals surface area contributed by atoms with Crippen LogP contribution >= 0.6 is 23.2 Å². The molecule has 8 heteroatoms. The van der Waals surface area contributed by atoms with Gasteiger partial charge in [0.05, 0.1) is 21.1 Å². The second kappa shape index (κ2) is 9.85. The Balaban J connectivity index is 1.47. The molecule has 0 saturated heterocycles. The summed E-state index contributed by atoms with van der Waals surface area (Å²) in [4.78, 5) is 24.7. The molecular weight excluding hydrogens is 447 g/mol. The van der Waals surface area contributed by atoms with E-state index in [4.69, 9.17) is 23.2 Å². The Kier molecular flexibility index (Phi) is 6.73. The highest BCUT2D eigenvalue weighted by Crippen LogP contribution is 2.25. The van der Waals surface area contributed by atoms with Gasteiger partial charge in [0.15, 0.2) is 0 Å². The van der Waals surface area contributed by atoms with Gasteiger partial charge in [-0.1, -0.05) is 59.6 Å². The molecule has 0 aliphatic carbocycles. The van der Waals surface area contributed by atoms with Crippen LogP contribution in [0.3, 0.4) is 0 Å². The SMILES string of the molecule is O=C(Nc1ccc(Cl)c(Cl)c1)Nc1ccc2c(CCCc3ccccc3)n[nH]c(=O)c2c1. The summed E-state index contributed by atoms with van der Waals surface area (Å²) in [6, 6.07) is 19.8. The summed E-state index contributed by atoms with van der Waals surface area (Å²) < 4.78 is 0. The average Bonchev–Trinajstić information content (AvgIpc) is 2.79. The molecule has 0 fully saturated rings. The Hall–Kier alpha value is -3.35. The number of nitrogens with one attached hydrogen (secondary N) is 3. The van der Waals surface area contributed by atoms with Gasteiger partial charge in [0.2, 0.25) is 0 Å². The zero-order valence-corrected chi connectivity index (χ0v) is 18.5. The average molecular weight is 467 g/mol.